The Kier molecular flexibility index (Phi) is 4.55. The van der Waals surface area contributed by atoms with Crippen LogP contribution in [0.2, 0.25) is 13.0 Å². The summed E-state index contributed by atoms with van der Waals surface area (Å²) in [6.45, 7) is 0. The SMILES string of the molecule is Clc1cc(P(c2csc(Cl)c2)c2csc(Cl)c2)cs1. The minimum absolute atomic E-state index is 0.606. The van der Waals surface area contributed by atoms with Crippen LogP contribution in [-0.4, -0.2) is 0 Å². The lowest BCUT2D eigenvalue weighted by atomic mass is 10.6. The fourth-order valence-corrected chi connectivity index (χ4v) is 7.84. The van der Waals surface area contributed by atoms with Gasteiger partial charge in [0.05, 0.1) is 13.0 Å². The molecule has 0 radical (unpaired) electrons. The van der Waals surface area contributed by atoms with Crippen molar-refractivity contribution in [3.05, 3.63) is 47.3 Å². The summed E-state index contributed by atoms with van der Waals surface area (Å²) >= 11 is 22.9. The van der Waals surface area contributed by atoms with Crippen LogP contribution in [0.15, 0.2) is 34.3 Å². The molecular weight excluding hydrogens is 378 g/mol. The standard InChI is InChI=1S/C12H6Cl3PS3/c13-10-1-7(4-17-10)16(8-2-11(14)18-5-8)9-3-12(15)19-6-9/h1-6H. The average molecular weight is 384 g/mol. The molecular formula is C12H6Cl3PS3. The number of hydrogen-bond donors (Lipinski definition) is 0. The zero-order chi connectivity index (χ0) is 13.4. The highest BCUT2D eigenvalue weighted by Crippen LogP contribution is 2.39. The number of hydrogen-bond acceptors (Lipinski definition) is 3. The fraction of sp³-hybridized carbons (Fsp3) is 0. The maximum absolute atomic E-state index is 6.07. The van der Waals surface area contributed by atoms with E-state index < -0.39 is 7.92 Å². The van der Waals surface area contributed by atoms with Crippen LogP contribution in [0.1, 0.15) is 0 Å². The van der Waals surface area contributed by atoms with Crippen molar-refractivity contribution >= 4 is 92.6 Å². The van der Waals surface area contributed by atoms with Gasteiger partial charge in [-0.1, -0.05) is 34.8 Å². The molecule has 3 rings (SSSR count). The minimum Gasteiger partial charge on any atom is -0.131 e. The highest BCUT2D eigenvalue weighted by atomic mass is 35.5. The van der Waals surface area contributed by atoms with Gasteiger partial charge in [0.2, 0.25) is 0 Å². The van der Waals surface area contributed by atoms with Gasteiger partial charge in [0.15, 0.2) is 0 Å². The van der Waals surface area contributed by atoms with Crippen LogP contribution in [0.4, 0.5) is 0 Å². The quantitative estimate of drug-likeness (QED) is 0.517. The number of halogens is 3. The van der Waals surface area contributed by atoms with Crippen LogP contribution in [-0.2, 0) is 0 Å². The normalized spacial score (nSPS) is 11.4. The molecule has 0 saturated heterocycles. The molecule has 0 unspecified atom stereocenters. The van der Waals surface area contributed by atoms with Gasteiger partial charge >= 0.3 is 0 Å². The molecule has 0 bridgehead atoms. The summed E-state index contributed by atoms with van der Waals surface area (Å²) in [5, 5.41) is 10.1. The first-order valence-electron chi connectivity index (χ1n) is 5.16. The van der Waals surface area contributed by atoms with Gasteiger partial charge in [-0.05, 0) is 42.0 Å². The van der Waals surface area contributed by atoms with Crippen LogP contribution in [0.3, 0.4) is 0 Å². The molecule has 0 saturated carbocycles. The maximum atomic E-state index is 6.07. The van der Waals surface area contributed by atoms with Crippen molar-refractivity contribution < 1.29 is 0 Å². The fourth-order valence-electron chi connectivity index (χ4n) is 1.70. The molecule has 19 heavy (non-hydrogen) atoms. The summed E-state index contributed by atoms with van der Waals surface area (Å²) in [5.41, 5.74) is 0. The van der Waals surface area contributed by atoms with E-state index in [0.29, 0.717) is 0 Å². The molecule has 0 aliphatic rings. The molecule has 7 heteroatoms. The average Bonchev–Trinajstić information content (AvgIpc) is 3.05. The van der Waals surface area contributed by atoms with E-state index in [1.165, 1.54) is 15.9 Å². The van der Waals surface area contributed by atoms with Crippen molar-refractivity contribution in [1.82, 2.24) is 0 Å². The first-order valence-corrected chi connectivity index (χ1v) is 10.3. The molecule has 3 aromatic heterocycles. The second-order valence-corrected chi connectivity index (χ2v) is 10.5. The third-order valence-electron chi connectivity index (χ3n) is 2.44. The van der Waals surface area contributed by atoms with Gasteiger partial charge in [0.25, 0.3) is 0 Å². The summed E-state index contributed by atoms with van der Waals surface area (Å²) < 4.78 is 2.43. The lowest BCUT2D eigenvalue weighted by Crippen LogP contribution is -2.17. The Labute approximate surface area is 139 Å². The molecule has 0 N–H and O–H groups in total. The van der Waals surface area contributed by atoms with Crippen molar-refractivity contribution in [3.63, 3.8) is 0 Å². The lowest BCUT2D eigenvalue weighted by Gasteiger charge is -2.13. The second-order valence-electron chi connectivity index (χ2n) is 3.66. The zero-order valence-electron chi connectivity index (χ0n) is 9.27. The first kappa shape index (κ1) is 14.3. The molecule has 3 heterocycles. The van der Waals surface area contributed by atoms with Gasteiger partial charge in [0.1, 0.15) is 0 Å². The summed E-state index contributed by atoms with van der Waals surface area (Å²) in [6, 6.07) is 6.11. The van der Waals surface area contributed by atoms with Gasteiger partial charge in [-0.3, -0.25) is 0 Å². The van der Waals surface area contributed by atoms with Gasteiger partial charge in [-0.2, -0.15) is 0 Å². The number of rotatable bonds is 3. The van der Waals surface area contributed by atoms with E-state index >= 15 is 0 Å². The highest BCUT2D eigenvalue weighted by molar-refractivity contribution is 7.80. The predicted molar refractivity (Wildman–Crippen MR) is 93.8 cm³/mol. The molecule has 0 aliphatic heterocycles. The molecule has 0 atom stereocenters. The van der Waals surface area contributed by atoms with Gasteiger partial charge in [-0.15, -0.1) is 34.0 Å². The van der Waals surface area contributed by atoms with Crippen molar-refractivity contribution in [2.75, 3.05) is 0 Å². The van der Waals surface area contributed by atoms with Crippen LogP contribution in [0.5, 0.6) is 0 Å². The van der Waals surface area contributed by atoms with Crippen molar-refractivity contribution in [3.8, 4) is 0 Å². The zero-order valence-corrected chi connectivity index (χ0v) is 14.9. The second kappa shape index (κ2) is 6.03. The Morgan fingerprint density at radius 3 is 1.16 bits per heavy atom. The van der Waals surface area contributed by atoms with E-state index in [2.05, 4.69) is 16.1 Å². The van der Waals surface area contributed by atoms with E-state index in [1.54, 1.807) is 34.0 Å². The molecule has 0 fully saturated rings. The van der Waals surface area contributed by atoms with Crippen molar-refractivity contribution in [1.29, 1.82) is 0 Å². The highest BCUT2D eigenvalue weighted by Gasteiger charge is 2.20. The Bertz CT molecular complexity index is 605. The Morgan fingerprint density at radius 1 is 0.632 bits per heavy atom. The molecule has 0 amide bonds. The van der Waals surface area contributed by atoms with Crippen LogP contribution >= 0.6 is 76.7 Å². The molecule has 3 aromatic rings. The Balaban J connectivity index is 2.10. The summed E-state index contributed by atoms with van der Waals surface area (Å²) in [7, 11) is -0.606. The first-order chi connectivity index (χ1) is 9.13. The van der Waals surface area contributed by atoms with Crippen LogP contribution < -0.4 is 15.9 Å². The van der Waals surface area contributed by atoms with Crippen LogP contribution in [0, 0.1) is 0 Å². The molecule has 0 spiro atoms. The monoisotopic (exact) mass is 382 g/mol. The van der Waals surface area contributed by atoms with Gasteiger partial charge < -0.3 is 0 Å². The summed E-state index contributed by atoms with van der Waals surface area (Å²) in [4.78, 5) is 0. The topological polar surface area (TPSA) is 0 Å². The molecule has 0 aliphatic carbocycles. The summed E-state index contributed by atoms with van der Waals surface area (Å²) in [5.74, 6) is 0. The third kappa shape index (κ3) is 3.19. The van der Waals surface area contributed by atoms with Crippen LogP contribution in [0.25, 0.3) is 0 Å². The van der Waals surface area contributed by atoms with E-state index in [9.17, 15) is 0 Å². The van der Waals surface area contributed by atoms with E-state index in [-0.39, 0.29) is 0 Å². The van der Waals surface area contributed by atoms with E-state index in [4.69, 9.17) is 34.8 Å². The maximum Gasteiger partial charge on any atom is 0.0935 e. The van der Waals surface area contributed by atoms with Crippen molar-refractivity contribution in [2.24, 2.45) is 0 Å². The summed E-state index contributed by atoms with van der Waals surface area (Å²) in [6.07, 6.45) is 0. The third-order valence-corrected chi connectivity index (χ3v) is 8.56. The minimum atomic E-state index is -0.606. The molecule has 0 aromatic carbocycles. The predicted octanol–water partition coefficient (Wildman–Crippen LogP) is 5.59. The van der Waals surface area contributed by atoms with Gasteiger partial charge in [-0.25, -0.2) is 0 Å². The Hall–Kier alpha value is 0.400. The largest absolute Gasteiger partial charge is 0.131 e. The Morgan fingerprint density at radius 2 is 0.947 bits per heavy atom. The van der Waals surface area contributed by atoms with Crippen molar-refractivity contribution in [2.45, 2.75) is 0 Å². The smallest absolute Gasteiger partial charge is 0.0935 e. The molecule has 98 valence electrons. The van der Waals surface area contributed by atoms with E-state index in [1.807, 2.05) is 18.2 Å². The number of thiophene rings is 3. The molecule has 0 nitrogen and oxygen atoms in total. The van der Waals surface area contributed by atoms with E-state index in [0.717, 1.165) is 13.0 Å². The van der Waals surface area contributed by atoms with Gasteiger partial charge in [0, 0.05) is 16.1 Å². The lowest BCUT2D eigenvalue weighted by molar-refractivity contribution is 2.05.